The summed E-state index contributed by atoms with van der Waals surface area (Å²) in [6.07, 6.45) is 2.30. The van der Waals surface area contributed by atoms with Gasteiger partial charge in [-0.1, -0.05) is 0 Å². The highest BCUT2D eigenvalue weighted by Gasteiger charge is 2.24. The van der Waals surface area contributed by atoms with Crippen LogP contribution in [-0.4, -0.2) is 25.0 Å². The first-order valence-corrected chi connectivity index (χ1v) is 5.44. The smallest absolute Gasteiger partial charge is 0.251 e. The van der Waals surface area contributed by atoms with Crippen LogP contribution in [0.15, 0.2) is 18.2 Å². The number of carbonyl (C=O) groups is 2. The normalized spacial score (nSPS) is 14.2. The van der Waals surface area contributed by atoms with Crippen LogP contribution >= 0.6 is 0 Å². The van der Waals surface area contributed by atoms with E-state index >= 15 is 0 Å². The van der Waals surface area contributed by atoms with E-state index in [9.17, 15) is 9.59 Å². The van der Waals surface area contributed by atoms with Crippen molar-refractivity contribution in [3.05, 3.63) is 29.3 Å². The van der Waals surface area contributed by atoms with Crippen LogP contribution in [0, 0.1) is 0 Å². The fourth-order valence-corrected chi connectivity index (χ4v) is 1.51. The van der Waals surface area contributed by atoms with Gasteiger partial charge >= 0.3 is 0 Å². The molecule has 3 N–H and O–H groups in total. The van der Waals surface area contributed by atoms with E-state index < -0.39 is 5.91 Å². The number of carbonyl (C=O) groups excluding carboxylic acids is 2. The quantitative estimate of drug-likeness (QED) is 0.804. The van der Waals surface area contributed by atoms with Gasteiger partial charge in [0.2, 0.25) is 5.91 Å². The first kappa shape index (κ1) is 11.4. The maximum Gasteiger partial charge on any atom is 0.251 e. The van der Waals surface area contributed by atoms with Gasteiger partial charge in [-0.25, -0.2) is 0 Å². The topological polar surface area (TPSA) is 81.4 Å². The van der Waals surface area contributed by atoms with Gasteiger partial charge in [-0.3, -0.25) is 9.59 Å². The molecular formula is C12H14N2O3. The predicted molar refractivity (Wildman–Crippen MR) is 62.0 cm³/mol. The minimum atomic E-state index is -0.634. The summed E-state index contributed by atoms with van der Waals surface area (Å²) in [5.74, 6) is -0.393. The van der Waals surface area contributed by atoms with Crippen LogP contribution in [0.25, 0.3) is 0 Å². The standard InChI is InChI=1S/C12H14N2O3/c1-14-12(16)9-5-4-8(17-7-2-3-7)6-10(9)11(13)15/h4-7H,2-3H2,1H3,(H2,13,15)(H,14,16). The summed E-state index contributed by atoms with van der Waals surface area (Å²) in [5.41, 5.74) is 5.70. The molecule has 2 amide bonds. The molecule has 1 fully saturated rings. The number of primary amides is 1. The number of amides is 2. The summed E-state index contributed by atoms with van der Waals surface area (Å²) in [6, 6.07) is 4.75. The van der Waals surface area contributed by atoms with Gasteiger partial charge in [0.05, 0.1) is 17.2 Å². The summed E-state index contributed by atoms with van der Waals surface area (Å²) >= 11 is 0. The molecule has 5 nitrogen and oxygen atoms in total. The van der Waals surface area contributed by atoms with E-state index in [0.29, 0.717) is 5.75 Å². The third kappa shape index (κ3) is 2.55. The number of nitrogens with two attached hydrogens (primary N) is 1. The Morgan fingerprint density at radius 1 is 1.35 bits per heavy atom. The lowest BCUT2D eigenvalue weighted by Crippen LogP contribution is -2.23. The Bertz CT molecular complexity index is 467. The van der Waals surface area contributed by atoms with Crippen molar-refractivity contribution in [3.8, 4) is 5.75 Å². The van der Waals surface area contributed by atoms with Gasteiger partial charge in [0.1, 0.15) is 5.75 Å². The van der Waals surface area contributed by atoms with Crippen LogP contribution in [0.3, 0.4) is 0 Å². The second kappa shape index (κ2) is 4.45. The van der Waals surface area contributed by atoms with Crippen LogP contribution in [0.4, 0.5) is 0 Å². The third-order valence-corrected chi connectivity index (χ3v) is 2.56. The molecule has 17 heavy (non-hydrogen) atoms. The Morgan fingerprint density at radius 3 is 2.59 bits per heavy atom. The summed E-state index contributed by atoms with van der Waals surface area (Å²) < 4.78 is 5.55. The molecule has 0 saturated heterocycles. The number of nitrogens with one attached hydrogen (secondary N) is 1. The molecule has 5 heteroatoms. The second-order valence-electron chi connectivity index (χ2n) is 3.97. The van der Waals surface area contributed by atoms with Gasteiger partial charge in [-0.2, -0.15) is 0 Å². The fourth-order valence-electron chi connectivity index (χ4n) is 1.51. The molecular weight excluding hydrogens is 220 g/mol. The highest BCUT2D eigenvalue weighted by atomic mass is 16.5. The SMILES string of the molecule is CNC(=O)c1ccc(OC2CC2)cc1C(N)=O. The van der Waals surface area contributed by atoms with Crippen LogP contribution in [-0.2, 0) is 0 Å². The molecule has 1 aromatic carbocycles. The zero-order chi connectivity index (χ0) is 12.4. The lowest BCUT2D eigenvalue weighted by Gasteiger charge is -2.09. The monoisotopic (exact) mass is 234 g/mol. The van der Waals surface area contributed by atoms with Crippen LogP contribution in [0.2, 0.25) is 0 Å². The summed E-state index contributed by atoms with van der Waals surface area (Å²) in [6.45, 7) is 0. The van der Waals surface area contributed by atoms with Gasteiger partial charge in [0, 0.05) is 7.05 Å². The summed E-state index contributed by atoms with van der Waals surface area (Å²) in [7, 11) is 1.50. The Kier molecular flexibility index (Phi) is 2.99. The lowest BCUT2D eigenvalue weighted by atomic mass is 10.1. The molecule has 0 bridgehead atoms. The van der Waals surface area contributed by atoms with Crippen LogP contribution < -0.4 is 15.8 Å². The number of benzene rings is 1. The van der Waals surface area contributed by atoms with Crippen LogP contribution in [0.1, 0.15) is 33.6 Å². The van der Waals surface area contributed by atoms with Gasteiger partial charge in [0.15, 0.2) is 0 Å². The predicted octanol–water partition coefficient (Wildman–Crippen LogP) is 0.686. The Labute approximate surface area is 98.9 Å². The zero-order valence-electron chi connectivity index (χ0n) is 9.53. The number of hydrogen-bond acceptors (Lipinski definition) is 3. The molecule has 2 rings (SSSR count). The van der Waals surface area contributed by atoms with Crippen molar-refractivity contribution < 1.29 is 14.3 Å². The highest BCUT2D eigenvalue weighted by Crippen LogP contribution is 2.28. The average Bonchev–Trinajstić information content (AvgIpc) is 3.12. The molecule has 1 saturated carbocycles. The minimum absolute atomic E-state index is 0.183. The lowest BCUT2D eigenvalue weighted by molar-refractivity contribution is 0.0943. The van der Waals surface area contributed by atoms with E-state index in [1.54, 1.807) is 12.1 Å². The molecule has 0 spiro atoms. The fraction of sp³-hybridized carbons (Fsp3) is 0.333. The maximum atomic E-state index is 11.5. The minimum Gasteiger partial charge on any atom is -0.490 e. The molecule has 0 unspecified atom stereocenters. The van der Waals surface area contributed by atoms with Crippen molar-refractivity contribution in [1.29, 1.82) is 0 Å². The molecule has 1 aromatic rings. The first-order chi connectivity index (χ1) is 8.11. The molecule has 0 atom stereocenters. The van der Waals surface area contributed by atoms with E-state index in [-0.39, 0.29) is 23.1 Å². The van der Waals surface area contributed by atoms with Gasteiger partial charge < -0.3 is 15.8 Å². The molecule has 0 heterocycles. The summed E-state index contributed by atoms with van der Waals surface area (Å²) in [5, 5.41) is 2.46. The third-order valence-electron chi connectivity index (χ3n) is 2.56. The summed E-state index contributed by atoms with van der Waals surface area (Å²) in [4.78, 5) is 22.8. The van der Waals surface area contributed by atoms with Crippen molar-refractivity contribution in [2.45, 2.75) is 18.9 Å². The van der Waals surface area contributed by atoms with Crippen molar-refractivity contribution in [2.24, 2.45) is 5.73 Å². The Balaban J connectivity index is 2.32. The highest BCUT2D eigenvalue weighted by molar-refractivity contribution is 6.06. The Morgan fingerprint density at radius 2 is 2.06 bits per heavy atom. The molecule has 0 aliphatic heterocycles. The second-order valence-corrected chi connectivity index (χ2v) is 3.97. The van der Waals surface area contributed by atoms with Gasteiger partial charge in [-0.05, 0) is 31.0 Å². The molecule has 0 aromatic heterocycles. The first-order valence-electron chi connectivity index (χ1n) is 5.44. The van der Waals surface area contributed by atoms with E-state index in [0.717, 1.165) is 12.8 Å². The zero-order valence-corrected chi connectivity index (χ0v) is 9.53. The van der Waals surface area contributed by atoms with E-state index in [4.69, 9.17) is 10.5 Å². The van der Waals surface area contributed by atoms with Gasteiger partial charge in [-0.15, -0.1) is 0 Å². The van der Waals surface area contributed by atoms with Crippen molar-refractivity contribution in [2.75, 3.05) is 7.05 Å². The van der Waals surface area contributed by atoms with E-state index in [1.807, 2.05) is 0 Å². The maximum absolute atomic E-state index is 11.5. The van der Waals surface area contributed by atoms with Crippen LogP contribution in [0.5, 0.6) is 5.75 Å². The number of hydrogen-bond donors (Lipinski definition) is 2. The van der Waals surface area contributed by atoms with E-state index in [2.05, 4.69) is 5.32 Å². The molecule has 1 aliphatic carbocycles. The van der Waals surface area contributed by atoms with Crippen molar-refractivity contribution >= 4 is 11.8 Å². The van der Waals surface area contributed by atoms with Crippen molar-refractivity contribution in [3.63, 3.8) is 0 Å². The molecule has 0 radical (unpaired) electrons. The van der Waals surface area contributed by atoms with Crippen molar-refractivity contribution in [1.82, 2.24) is 5.32 Å². The van der Waals surface area contributed by atoms with Gasteiger partial charge in [0.25, 0.3) is 5.91 Å². The molecule has 90 valence electrons. The largest absolute Gasteiger partial charge is 0.490 e. The average molecular weight is 234 g/mol. The van der Waals surface area contributed by atoms with E-state index in [1.165, 1.54) is 13.1 Å². The number of rotatable bonds is 4. The Hall–Kier alpha value is -2.04. The molecule has 1 aliphatic rings. The number of ether oxygens (including phenoxy) is 1.